The highest BCUT2D eigenvalue weighted by atomic mass is 16.7. The van der Waals surface area contributed by atoms with Gasteiger partial charge in [-0.15, -0.1) is 0 Å². The van der Waals surface area contributed by atoms with Crippen molar-refractivity contribution < 1.29 is 19.0 Å². The largest absolute Gasteiger partial charge is 0.433 e. The fraction of sp³-hybridized carbons (Fsp3) is 0.944. The Bertz CT molecular complexity index is 429. The quantitative estimate of drug-likeness (QED) is 0.730. The van der Waals surface area contributed by atoms with Gasteiger partial charge in [0.25, 0.3) is 0 Å². The van der Waals surface area contributed by atoms with E-state index in [2.05, 4.69) is 20.8 Å². The van der Waals surface area contributed by atoms with Crippen LogP contribution in [0.3, 0.4) is 0 Å². The minimum absolute atomic E-state index is 0.0160. The van der Waals surface area contributed by atoms with Crippen molar-refractivity contribution >= 4 is 5.97 Å². The molecule has 5 atom stereocenters. The lowest BCUT2D eigenvalue weighted by Crippen LogP contribution is -2.62. The lowest BCUT2D eigenvalue weighted by Gasteiger charge is -2.54. The van der Waals surface area contributed by atoms with Gasteiger partial charge in [0, 0.05) is 18.9 Å². The zero-order valence-corrected chi connectivity index (χ0v) is 14.4. The first-order valence-electron chi connectivity index (χ1n) is 8.88. The Hall–Kier alpha value is -0.610. The Morgan fingerprint density at radius 2 is 2.00 bits per heavy atom. The maximum atomic E-state index is 12.4. The molecule has 3 rings (SSSR count). The van der Waals surface area contributed by atoms with E-state index in [9.17, 15) is 4.79 Å². The molecule has 3 fully saturated rings. The molecule has 0 unspecified atom stereocenters. The maximum absolute atomic E-state index is 12.4. The second-order valence-electron chi connectivity index (χ2n) is 8.12. The summed E-state index contributed by atoms with van der Waals surface area (Å²) < 4.78 is 18.4. The van der Waals surface area contributed by atoms with E-state index in [4.69, 9.17) is 14.2 Å². The summed E-state index contributed by atoms with van der Waals surface area (Å²) in [5, 5.41) is 0. The van der Waals surface area contributed by atoms with Gasteiger partial charge in [0.05, 0.1) is 12.5 Å². The molecule has 0 N–H and O–H groups in total. The van der Waals surface area contributed by atoms with E-state index in [1.807, 2.05) is 6.92 Å². The Kier molecular flexibility index (Phi) is 4.28. The van der Waals surface area contributed by atoms with Crippen LogP contribution in [0.1, 0.15) is 66.2 Å². The fourth-order valence-corrected chi connectivity index (χ4v) is 4.70. The van der Waals surface area contributed by atoms with Gasteiger partial charge in [-0.1, -0.05) is 20.8 Å². The van der Waals surface area contributed by atoms with Crippen molar-refractivity contribution in [1.82, 2.24) is 0 Å². The molecule has 3 aliphatic rings. The van der Waals surface area contributed by atoms with Crippen LogP contribution in [-0.2, 0) is 19.0 Å². The molecule has 2 saturated heterocycles. The molecule has 0 bridgehead atoms. The van der Waals surface area contributed by atoms with Gasteiger partial charge < -0.3 is 14.2 Å². The van der Waals surface area contributed by atoms with Crippen molar-refractivity contribution in [1.29, 1.82) is 0 Å². The molecule has 1 saturated carbocycles. The van der Waals surface area contributed by atoms with Crippen LogP contribution in [0.25, 0.3) is 0 Å². The van der Waals surface area contributed by atoms with Gasteiger partial charge in [-0.25, -0.2) is 0 Å². The molecule has 4 heteroatoms. The van der Waals surface area contributed by atoms with Gasteiger partial charge in [-0.3, -0.25) is 4.79 Å². The highest BCUT2D eigenvalue weighted by Crippen LogP contribution is 2.50. The van der Waals surface area contributed by atoms with Crippen LogP contribution in [0.5, 0.6) is 0 Å². The second-order valence-corrected chi connectivity index (χ2v) is 8.12. The van der Waals surface area contributed by atoms with E-state index in [0.717, 1.165) is 32.3 Å². The third-order valence-electron chi connectivity index (χ3n) is 5.77. The van der Waals surface area contributed by atoms with E-state index >= 15 is 0 Å². The molecule has 1 spiro atoms. The average Bonchev–Trinajstić information content (AvgIpc) is 2.90. The molecule has 0 aromatic carbocycles. The summed E-state index contributed by atoms with van der Waals surface area (Å²) in [6.07, 6.45) is 5.40. The lowest BCUT2D eigenvalue weighted by molar-refractivity contribution is -0.352. The van der Waals surface area contributed by atoms with Crippen molar-refractivity contribution in [3.05, 3.63) is 0 Å². The van der Waals surface area contributed by atoms with Crippen molar-refractivity contribution in [3.63, 3.8) is 0 Å². The highest BCUT2D eigenvalue weighted by Gasteiger charge is 2.58. The summed E-state index contributed by atoms with van der Waals surface area (Å²) >= 11 is 0. The third-order valence-corrected chi connectivity index (χ3v) is 5.77. The highest BCUT2D eigenvalue weighted by molar-refractivity contribution is 5.72. The molecule has 0 aromatic rings. The molecular formula is C18H30O4. The third kappa shape index (κ3) is 2.80. The van der Waals surface area contributed by atoms with Crippen molar-refractivity contribution in [3.8, 4) is 0 Å². The van der Waals surface area contributed by atoms with E-state index in [0.29, 0.717) is 18.3 Å². The zero-order valence-electron chi connectivity index (χ0n) is 14.4. The van der Waals surface area contributed by atoms with Gasteiger partial charge in [0.2, 0.25) is 5.79 Å². The summed E-state index contributed by atoms with van der Waals surface area (Å²) in [4.78, 5) is 12.4. The SMILES string of the molecule is CC(C)[C@@H]1CC[C@@H](C)C[C@]12OC(=O)C[C@](C)([C@@H]1CCCO1)O2. The number of esters is 1. The van der Waals surface area contributed by atoms with Crippen LogP contribution >= 0.6 is 0 Å². The molecular weight excluding hydrogens is 280 g/mol. The van der Waals surface area contributed by atoms with E-state index in [-0.39, 0.29) is 18.0 Å². The van der Waals surface area contributed by atoms with Crippen molar-refractivity contribution in [2.45, 2.75) is 83.7 Å². The lowest BCUT2D eigenvalue weighted by atomic mass is 9.71. The van der Waals surface area contributed by atoms with Crippen LogP contribution in [-0.4, -0.2) is 30.1 Å². The first kappa shape index (κ1) is 16.3. The second kappa shape index (κ2) is 5.79. The van der Waals surface area contributed by atoms with Gasteiger partial charge >= 0.3 is 5.97 Å². The molecule has 2 heterocycles. The molecule has 2 aliphatic heterocycles. The standard InChI is InChI=1S/C18H30O4/c1-12(2)14-8-7-13(3)10-18(14)21-16(19)11-17(4,22-18)15-6-5-9-20-15/h12-15H,5-11H2,1-4H3/t13-,14+,15+,17-,18-/m1/s1. The Balaban J connectivity index is 1.91. The molecule has 1 aliphatic carbocycles. The van der Waals surface area contributed by atoms with E-state index in [1.165, 1.54) is 6.42 Å². The fourth-order valence-electron chi connectivity index (χ4n) is 4.70. The minimum atomic E-state index is -0.748. The van der Waals surface area contributed by atoms with Crippen LogP contribution < -0.4 is 0 Å². The van der Waals surface area contributed by atoms with Gasteiger partial charge in [-0.2, -0.15) is 0 Å². The summed E-state index contributed by atoms with van der Waals surface area (Å²) in [6.45, 7) is 9.46. The van der Waals surface area contributed by atoms with Crippen LogP contribution in [0.4, 0.5) is 0 Å². The summed E-state index contributed by atoms with van der Waals surface area (Å²) in [5.41, 5.74) is -0.546. The maximum Gasteiger partial charge on any atom is 0.311 e. The molecule has 0 amide bonds. The number of hydrogen-bond acceptors (Lipinski definition) is 4. The van der Waals surface area contributed by atoms with E-state index < -0.39 is 11.4 Å². The molecule has 126 valence electrons. The summed E-state index contributed by atoms with van der Waals surface area (Å²) in [7, 11) is 0. The topological polar surface area (TPSA) is 44.8 Å². The Labute approximate surface area is 133 Å². The number of carbonyl (C=O) groups is 1. The number of hydrogen-bond donors (Lipinski definition) is 0. The summed E-state index contributed by atoms with van der Waals surface area (Å²) in [6, 6.07) is 0. The Morgan fingerprint density at radius 3 is 2.64 bits per heavy atom. The van der Waals surface area contributed by atoms with Gasteiger partial charge in [0.1, 0.15) is 5.60 Å². The number of ether oxygens (including phenoxy) is 3. The van der Waals surface area contributed by atoms with Crippen LogP contribution in [0, 0.1) is 17.8 Å². The average molecular weight is 310 g/mol. The van der Waals surface area contributed by atoms with Gasteiger partial charge in [-0.05, 0) is 44.4 Å². The van der Waals surface area contributed by atoms with Crippen LogP contribution in [0.15, 0.2) is 0 Å². The molecule has 0 radical (unpaired) electrons. The number of carbonyl (C=O) groups excluding carboxylic acids is 1. The molecule has 4 nitrogen and oxygen atoms in total. The van der Waals surface area contributed by atoms with Crippen molar-refractivity contribution in [2.24, 2.45) is 17.8 Å². The van der Waals surface area contributed by atoms with Crippen LogP contribution in [0.2, 0.25) is 0 Å². The predicted octanol–water partition coefficient (Wildman–Crippen LogP) is 3.68. The van der Waals surface area contributed by atoms with Crippen molar-refractivity contribution in [2.75, 3.05) is 6.61 Å². The monoisotopic (exact) mass is 310 g/mol. The normalized spacial score (nSPS) is 46.2. The summed E-state index contributed by atoms with van der Waals surface area (Å²) in [5.74, 6) is 0.362. The minimum Gasteiger partial charge on any atom is -0.433 e. The molecule has 0 aromatic heterocycles. The number of rotatable bonds is 2. The predicted molar refractivity (Wildman–Crippen MR) is 83.2 cm³/mol. The Morgan fingerprint density at radius 1 is 1.23 bits per heavy atom. The molecule has 22 heavy (non-hydrogen) atoms. The first-order valence-corrected chi connectivity index (χ1v) is 8.88. The smallest absolute Gasteiger partial charge is 0.311 e. The van der Waals surface area contributed by atoms with E-state index in [1.54, 1.807) is 0 Å². The first-order chi connectivity index (χ1) is 10.3. The van der Waals surface area contributed by atoms with Gasteiger partial charge in [0.15, 0.2) is 0 Å². The zero-order chi connectivity index (χ0) is 16.0.